The summed E-state index contributed by atoms with van der Waals surface area (Å²) >= 11 is 0. The number of phenols is 1. The van der Waals surface area contributed by atoms with Gasteiger partial charge in [0, 0.05) is 32.9 Å². The smallest absolute Gasteiger partial charge is 0.243 e. The average molecular weight is 782 g/mol. The van der Waals surface area contributed by atoms with Gasteiger partial charge in [-0.2, -0.15) is 0 Å². The van der Waals surface area contributed by atoms with Crippen LogP contribution in [0.2, 0.25) is 0 Å². The van der Waals surface area contributed by atoms with Gasteiger partial charge in [-0.15, -0.1) is 0 Å². The fourth-order valence-electron chi connectivity index (χ4n) is 6.38. The lowest BCUT2D eigenvalue weighted by atomic mass is 9.98. The zero-order valence-corrected chi connectivity index (χ0v) is 31.9. The van der Waals surface area contributed by atoms with Crippen LogP contribution >= 0.6 is 0 Å². The van der Waals surface area contributed by atoms with Crippen molar-refractivity contribution in [3.05, 3.63) is 114 Å². The number of nitrogens with two attached hydrogens (primary N) is 2. The molecule has 301 valence electrons. The van der Waals surface area contributed by atoms with E-state index in [1.807, 2.05) is 48.8 Å². The third-order valence-corrected chi connectivity index (χ3v) is 9.72. The van der Waals surface area contributed by atoms with Crippen molar-refractivity contribution in [3.63, 3.8) is 0 Å². The number of nitrogens with one attached hydrogen (secondary N) is 3. The number of amides is 5. The van der Waals surface area contributed by atoms with Crippen LogP contribution in [0.25, 0.3) is 10.8 Å². The molecule has 0 aromatic heterocycles. The standard InChI is InChI=1S/C43H50FN6O7/c1-50(40(54)23-16-28-12-17-32(44)18-13-28)38(25-29-14-19-34(52)20-15-29)43(57)48-33(27-51)10-4-5-24-47-42(56)37(21-22-39(46)53)49-41(55)36(45)26-31-9-6-8-30-7-2-3-11-35(30)31/h2-3,6-9,11-15,17-20,33,36-38,52H,4-5,10,16,21-26,45H2,1H3,(H2,46,53)(H,47,56)(H,48,57)(H,49,55)/t33-,36+,37+,38+/m1/s1. The molecule has 13 nitrogen and oxygen atoms in total. The number of phenolic OH excluding ortho intramolecular Hbond substituents is 1. The summed E-state index contributed by atoms with van der Waals surface area (Å²) in [6.07, 6.45) is 3.36. The largest absolute Gasteiger partial charge is 0.508 e. The van der Waals surface area contributed by atoms with Crippen LogP contribution in [0, 0.1) is 5.82 Å². The number of carbonyl (C=O) groups excluding carboxylic acids is 6. The van der Waals surface area contributed by atoms with Gasteiger partial charge in [-0.25, -0.2) is 4.39 Å². The molecule has 57 heavy (non-hydrogen) atoms. The van der Waals surface area contributed by atoms with Crippen molar-refractivity contribution in [2.24, 2.45) is 11.5 Å². The van der Waals surface area contributed by atoms with Crippen LogP contribution in [0.5, 0.6) is 5.75 Å². The van der Waals surface area contributed by atoms with Gasteiger partial charge in [0.15, 0.2) is 0 Å². The first kappa shape index (κ1) is 43.6. The first-order valence-corrected chi connectivity index (χ1v) is 18.9. The van der Waals surface area contributed by atoms with Crippen molar-refractivity contribution in [2.75, 3.05) is 13.6 Å². The van der Waals surface area contributed by atoms with Gasteiger partial charge in [0.25, 0.3) is 0 Å². The number of likely N-dealkylation sites (N-methyl/N-ethyl adjacent to an activating group) is 1. The SMILES string of the molecule is CN(C(=O)CCc1ccc(F)cc1)[C@@H](Cc1ccc(O)cc1)C(=O)N[C@@H]([C]=O)CCCCNC(=O)[C@H](CCC(N)=O)NC(=O)[C@@H](N)Cc1cccc2ccccc12. The normalized spacial score (nSPS) is 13.1. The van der Waals surface area contributed by atoms with Crippen LogP contribution in [-0.2, 0) is 48.0 Å². The highest BCUT2D eigenvalue weighted by Crippen LogP contribution is 2.20. The number of halogens is 1. The average Bonchev–Trinajstić information content (AvgIpc) is 3.20. The molecule has 0 aliphatic heterocycles. The predicted molar refractivity (Wildman–Crippen MR) is 214 cm³/mol. The van der Waals surface area contributed by atoms with Crippen LogP contribution in [-0.4, -0.2) is 83.6 Å². The van der Waals surface area contributed by atoms with Crippen molar-refractivity contribution in [1.29, 1.82) is 0 Å². The molecule has 0 bridgehead atoms. The Kier molecular flexibility index (Phi) is 16.7. The van der Waals surface area contributed by atoms with Gasteiger partial charge in [0.2, 0.25) is 35.8 Å². The Hall–Kier alpha value is -6.15. The molecule has 1 radical (unpaired) electrons. The molecule has 4 rings (SSSR count). The fourth-order valence-corrected chi connectivity index (χ4v) is 6.38. The highest BCUT2D eigenvalue weighted by molar-refractivity contribution is 5.92. The summed E-state index contributed by atoms with van der Waals surface area (Å²) in [5, 5.41) is 19.8. The van der Waals surface area contributed by atoms with Gasteiger partial charge in [0.05, 0.1) is 12.1 Å². The maximum Gasteiger partial charge on any atom is 0.243 e. The summed E-state index contributed by atoms with van der Waals surface area (Å²) in [4.78, 5) is 77.9. The van der Waals surface area contributed by atoms with Crippen LogP contribution in [0.15, 0.2) is 91.0 Å². The number of carbonyl (C=O) groups is 5. The van der Waals surface area contributed by atoms with Gasteiger partial charge >= 0.3 is 0 Å². The number of aromatic hydroxyl groups is 1. The third-order valence-electron chi connectivity index (χ3n) is 9.72. The Labute approximate surface area is 331 Å². The number of fused-ring (bicyclic) bond motifs is 1. The molecule has 0 spiro atoms. The third kappa shape index (κ3) is 13.8. The number of rotatable bonds is 22. The quantitative estimate of drug-likeness (QED) is 0.0651. The first-order chi connectivity index (χ1) is 27.3. The van der Waals surface area contributed by atoms with Crippen molar-refractivity contribution in [1.82, 2.24) is 20.9 Å². The summed E-state index contributed by atoms with van der Waals surface area (Å²) < 4.78 is 13.3. The van der Waals surface area contributed by atoms with Crippen LogP contribution in [0.4, 0.5) is 4.39 Å². The molecule has 4 aromatic carbocycles. The Balaban J connectivity index is 1.29. The molecular formula is C43H50FN6O7. The molecule has 4 atom stereocenters. The van der Waals surface area contributed by atoms with Gasteiger partial charge in [0.1, 0.15) is 23.7 Å². The summed E-state index contributed by atoms with van der Waals surface area (Å²) in [5.41, 5.74) is 13.9. The van der Waals surface area contributed by atoms with E-state index in [0.29, 0.717) is 24.8 Å². The molecule has 0 aliphatic carbocycles. The number of unbranched alkanes of at least 4 members (excludes halogenated alkanes) is 1. The predicted octanol–water partition coefficient (Wildman–Crippen LogP) is 2.89. The number of hydrogen-bond acceptors (Lipinski definition) is 8. The monoisotopic (exact) mass is 781 g/mol. The lowest BCUT2D eigenvalue weighted by Crippen LogP contribution is -2.52. The molecule has 4 aromatic rings. The minimum atomic E-state index is -1.07. The van der Waals surface area contributed by atoms with Crippen molar-refractivity contribution in [3.8, 4) is 5.75 Å². The van der Waals surface area contributed by atoms with Gasteiger partial charge in [-0.1, -0.05) is 66.7 Å². The lowest BCUT2D eigenvalue weighted by molar-refractivity contribution is -0.139. The van der Waals surface area contributed by atoms with Crippen LogP contribution in [0.1, 0.15) is 55.2 Å². The molecular weight excluding hydrogens is 732 g/mol. The fraction of sp³-hybridized carbons (Fsp3) is 0.349. The molecule has 8 N–H and O–H groups in total. The van der Waals surface area contributed by atoms with E-state index in [4.69, 9.17) is 11.5 Å². The second kappa shape index (κ2) is 21.8. The summed E-state index contributed by atoms with van der Waals surface area (Å²) in [6, 6.07) is 21.4. The Morgan fingerprint density at radius 1 is 0.789 bits per heavy atom. The Bertz CT molecular complexity index is 1990. The lowest BCUT2D eigenvalue weighted by Gasteiger charge is -2.28. The second-order valence-electron chi connectivity index (χ2n) is 14.0. The minimum Gasteiger partial charge on any atom is -0.508 e. The number of primary amides is 1. The van der Waals surface area contributed by atoms with Gasteiger partial charge in [-0.05, 0) is 90.3 Å². The van der Waals surface area contributed by atoms with E-state index in [1.165, 1.54) is 36.2 Å². The van der Waals surface area contributed by atoms with Gasteiger partial charge in [-0.3, -0.25) is 28.8 Å². The minimum absolute atomic E-state index is 0.0312. The molecule has 0 heterocycles. The summed E-state index contributed by atoms with van der Waals surface area (Å²) in [7, 11) is 1.50. The molecule has 14 heteroatoms. The van der Waals surface area contributed by atoms with E-state index in [9.17, 15) is 38.3 Å². The van der Waals surface area contributed by atoms with Crippen LogP contribution < -0.4 is 27.4 Å². The van der Waals surface area contributed by atoms with Crippen molar-refractivity contribution >= 4 is 46.6 Å². The van der Waals surface area contributed by atoms with E-state index in [0.717, 1.165) is 21.9 Å². The first-order valence-electron chi connectivity index (χ1n) is 18.9. The molecule has 0 saturated heterocycles. The number of nitrogens with zero attached hydrogens (tertiary/aromatic N) is 1. The van der Waals surface area contributed by atoms with E-state index >= 15 is 0 Å². The molecule has 5 amide bonds. The van der Waals surface area contributed by atoms with E-state index in [-0.39, 0.29) is 62.5 Å². The van der Waals surface area contributed by atoms with Crippen LogP contribution in [0.3, 0.4) is 0 Å². The van der Waals surface area contributed by atoms with E-state index in [1.54, 1.807) is 24.3 Å². The number of aryl methyl sites for hydroxylation is 1. The molecule has 0 unspecified atom stereocenters. The highest BCUT2D eigenvalue weighted by Gasteiger charge is 2.29. The zero-order chi connectivity index (χ0) is 41.3. The topological polar surface area (TPSA) is 214 Å². The van der Waals surface area contributed by atoms with E-state index in [2.05, 4.69) is 16.0 Å². The molecule has 0 fully saturated rings. The van der Waals surface area contributed by atoms with E-state index < -0.39 is 47.8 Å². The highest BCUT2D eigenvalue weighted by atomic mass is 19.1. The van der Waals surface area contributed by atoms with Gasteiger partial charge < -0.3 is 37.4 Å². The Morgan fingerprint density at radius 3 is 2.18 bits per heavy atom. The van der Waals surface area contributed by atoms with Crippen molar-refractivity contribution in [2.45, 2.75) is 82.0 Å². The molecule has 0 saturated carbocycles. The summed E-state index contributed by atoms with van der Waals surface area (Å²) in [6.45, 7) is 0.165. The van der Waals surface area contributed by atoms with Crippen molar-refractivity contribution < 1.29 is 38.3 Å². The number of benzene rings is 4. The number of hydrogen-bond donors (Lipinski definition) is 6. The maximum atomic E-state index is 13.6. The zero-order valence-electron chi connectivity index (χ0n) is 31.9. The summed E-state index contributed by atoms with van der Waals surface area (Å²) in [5.74, 6) is -2.98. The Morgan fingerprint density at radius 2 is 1.47 bits per heavy atom. The molecule has 0 aliphatic rings. The second-order valence-corrected chi connectivity index (χ2v) is 14.0. The maximum absolute atomic E-state index is 13.6.